The number of nitrogen functional groups attached to an aromatic ring is 1. The van der Waals surface area contributed by atoms with Crippen LogP contribution in [0, 0.1) is 6.92 Å². The summed E-state index contributed by atoms with van der Waals surface area (Å²) in [5.74, 6) is 0.699. The van der Waals surface area contributed by atoms with Crippen LogP contribution >= 0.6 is 0 Å². The summed E-state index contributed by atoms with van der Waals surface area (Å²) < 4.78 is 1.54. The van der Waals surface area contributed by atoms with Crippen LogP contribution in [0.1, 0.15) is 5.82 Å². The Hall–Kier alpha value is -1.65. The third-order valence-electron chi connectivity index (χ3n) is 1.42. The first-order valence-electron chi connectivity index (χ1n) is 3.20. The van der Waals surface area contributed by atoms with E-state index in [1.54, 1.807) is 17.0 Å². The molecule has 2 aromatic rings. The molecule has 0 aliphatic carbocycles. The van der Waals surface area contributed by atoms with E-state index in [0.717, 1.165) is 0 Å². The average Bonchev–Trinajstić information content (AvgIpc) is 2.33. The number of rotatable bonds is 0. The van der Waals surface area contributed by atoms with Gasteiger partial charge >= 0.3 is 0 Å². The van der Waals surface area contributed by atoms with Crippen molar-refractivity contribution in [3.05, 3.63) is 18.3 Å². The van der Waals surface area contributed by atoms with E-state index in [1.165, 1.54) is 0 Å². The molecule has 0 saturated heterocycles. The fourth-order valence-corrected chi connectivity index (χ4v) is 0.890. The summed E-state index contributed by atoms with van der Waals surface area (Å²) >= 11 is 0. The van der Waals surface area contributed by atoms with Gasteiger partial charge in [0, 0.05) is 0 Å². The number of hydrogen-bond acceptors (Lipinski definition) is 4. The number of anilines is 1. The summed E-state index contributed by atoms with van der Waals surface area (Å²) in [6.45, 7) is 1.81. The van der Waals surface area contributed by atoms with Crippen LogP contribution in [0.25, 0.3) is 5.65 Å². The van der Waals surface area contributed by atoms with Crippen molar-refractivity contribution in [1.82, 2.24) is 19.6 Å². The van der Waals surface area contributed by atoms with Crippen molar-refractivity contribution < 1.29 is 0 Å². The lowest BCUT2D eigenvalue weighted by molar-refractivity contribution is 0.869. The highest BCUT2D eigenvalue weighted by atomic mass is 15.3. The molecular formula is C6H7N5. The van der Waals surface area contributed by atoms with Gasteiger partial charge in [-0.2, -0.15) is 5.10 Å². The summed E-state index contributed by atoms with van der Waals surface area (Å²) in [5, 5.41) is 3.93. The lowest BCUT2D eigenvalue weighted by Gasteiger charge is -1.92. The highest BCUT2D eigenvalue weighted by Crippen LogP contribution is 2.07. The molecule has 2 heterocycles. The summed E-state index contributed by atoms with van der Waals surface area (Å²) in [6, 6.07) is 0. The van der Waals surface area contributed by atoms with Crippen molar-refractivity contribution in [1.29, 1.82) is 0 Å². The van der Waals surface area contributed by atoms with Gasteiger partial charge in [0.15, 0.2) is 5.65 Å². The number of aryl methyl sites for hydroxylation is 1. The first kappa shape index (κ1) is 6.09. The zero-order valence-corrected chi connectivity index (χ0v) is 6.02. The van der Waals surface area contributed by atoms with Crippen molar-refractivity contribution in [3.63, 3.8) is 0 Å². The molecule has 5 heteroatoms. The van der Waals surface area contributed by atoms with Gasteiger partial charge in [-0.25, -0.2) is 14.5 Å². The second-order valence-electron chi connectivity index (χ2n) is 2.27. The molecule has 0 aliphatic heterocycles. The summed E-state index contributed by atoms with van der Waals surface area (Å²) in [5.41, 5.74) is 6.82. The van der Waals surface area contributed by atoms with Gasteiger partial charge in [0.25, 0.3) is 0 Å². The van der Waals surface area contributed by atoms with E-state index in [-0.39, 0.29) is 0 Å². The fraction of sp³-hybridized carbons (Fsp3) is 0.167. The van der Waals surface area contributed by atoms with E-state index in [0.29, 0.717) is 17.2 Å². The minimum atomic E-state index is 0.579. The van der Waals surface area contributed by atoms with Gasteiger partial charge in [-0.1, -0.05) is 0 Å². The van der Waals surface area contributed by atoms with Gasteiger partial charge in [0.05, 0.1) is 11.9 Å². The Bertz CT molecular complexity index is 391. The van der Waals surface area contributed by atoms with E-state index in [9.17, 15) is 0 Å². The van der Waals surface area contributed by atoms with E-state index in [2.05, 4.69) is 15.1 Å². The lowest BCUT2D eigenvalue weighted by Crippen LogP contribution is -1.96. The second-order valence-corrected chi connectivity index (χ2v) is 2.27. The molecule has 56 valence electrons. The summed E-state index contributed by atoms with van der Waals surface area (Å²) in [7, 11) is 0. The second kappa shape index (κ2) is 1.91. The van der Waals surface area contributed by atoms with Crippen molar-refractivity contribution >= 4 is 11.3 Å². The van der Waals surface area contributed by atoms with Gasteiger partial charge < -0.3 is 5.73 Å². The zero-order chi connectivity index (χ0) is 7.84. The molecule has 0 radical (unpaired) electrons. The molecule has 0 spiro atoms. The highest BCUT2D eigenvalue weighted by molar-refractivity contribution is 5.62. The number of fused-ring (bicyclic) bond motifs is 1. The van der Waals surface area contributed by atoms with Crippen LogP contribution in [-0.4, -0.2) is 19.6 Å². The maximum Gasteiger partial charge on any atom is 0.181 e. The van der Waals surface area contributed by atoms with Crippen LogP contribution in [-0.2, 0) is 0 Å². The number of aromatic nitrogens is 4. The van der Waals surface area contributed by atoms with Crippen LogP contribution in [0.15, 0.2) is 12.5 Å². The van der Waals surface area contributed by atoms with E-state index in [4.69, 9.17) is 5.73 Å². The summed E-state index contributed by atoms with van der Waals surface area (Å²) in [6.07, 6.45) is 3.15. The van der Waals surface area contributed by atoms with Crippen molar-refractivity contribution in [2.24, 2.45) is 0 Å². The smallest absolute Gasteiger partial charge is 0.181 e. The molecule has 0 atom stereocenters. The first-order chi connectivity index (χ1) is 5.27. The molecule has 2 N–H and O–H groups in total. The number of nitrogens with two attached hydrogens (primary N) is 1. The molecule has 0 saturated carbocycles. The third-order valence-corrected chi connectivity index (χ3v) is 1.42. The maximum absolute atomic E-state index is 5.57. The molecule has 0 bridgehead atoms. The molecule has 5 nitrogen and oxygen atoms in total. The lowest BCUT2D eigenvalue weighted by atomic mass is 10.5. The van der Waals surface area contributed by atoms with Crippen LogP contribution in [0.4, 0.5) is 5.69 Å². The third kappa shape index (κ3) is 0.813. The van der Waals surface area contributed by atoms with Crippen LogP contribution < -0.4 is 5.73 Å². The Morgan fingerprint density at radius 2 is 2.36 bits per heavy atom. The summed E-state index contributed by atoms with van der Waals surface area (Å²) in [4.78, 5) is 8.05. The predicted octanol–water partition coefficient (Wildman–Crippen LogP) is 0.0149. The van der Waals surface area contributed by atoms with E-state index < -0.39 is 0 Å². The topological polar surface area (TPSA) is 69.1 Å². The number of nitrogens with zero attached hydrogens (tertiary/aromatic N) is 4. The molecule has 2 rings (SSSR count). The maximum atomic E-state index is 5.57. The van der Waals surface area contributed by atoms with Crippen LogP contribution in [0.2, 0.25) is 0 Å². The van der Waals surface area contributed by atoms with Crippen molar-refractivity contribution in [2.45, 2.75) is 6.92 Å². The molecule has 0 aromatic carbocycles. The normalized spacial score (nSPS) is 10.6. The van der Waals surface area contributed by atoms with Gasteiger partial charge in [-0.15, -0.1) is 0 Å². The fourth-order valence-electron chi connectivity index (χ4n) is 0.890. The van der Waals surface area contributed by atoms with E-state index in [1.807, 2.05) is 6.92 Å². The first-order valence-corrected chi connectivity index (χ1v) is 3.20. The predicted molar refractivity (Wildman–Crippen MR) is 39.9 cm³/mol. The van der Waals surface area contributed by atoms with Crippen molar-refractivity contribution in [3.8, 4) is 0 Å². The molecule has 0 amide bonds. The number of hydrogen-bond donors (Lipinski definition) is 1. The Morgan fingerprint density at radius 3 is 3.18 bits per heavy atom. The highest BCUT2D eigenvalue weighted by Gasteiger charge is 2.00. The van der Waals surface area contributed by atoms with Gasteiger partial charge in [-0.3, -0.25) is 0 Å². The Kier molecular flexibility index (Phi) is 1.06. The largest absolute Gasteiger partial charge is 0.394 e. The Labute approximate surface area is 62.9 Å². The monoisotopic (exact) mass is 149 g/mol. The minimum absolute atomic E-state index is 0.579. The average molecular weight is 149 g/mol. The van der Waals surface area contributed by atoms with Gasteiger partial charge in [0.2, 0.25) is 0 Å². The quantitative estimate of drug-likeness (QED) is 0.573. The molecular weight excluding hydrogens is 142 g/mol. The minimum Gasteiger partial charge on any atom is -0.394 e. The standard InChI is InChI=1S/C6H7N5/c1-4-8-3-11-6(10-4)5(7)2-9-11/h2-3H,7H2,1H3. The molecule has 11 heavy (non-hydrogen) atoms. The Morgan fingerprint density at radius 1 is 1.55 bits per heavy atom. The van der Waals surface area contributed by atoms with Gasteiger partial charge in [-0.05, 0) is 6.92 Å². The molecule has 0 aliphatic rings. The van der Waals surface area contributed by atoms with Gasteiger partial charge in [0.1, 0.15) is 12.2 Å². The SMILES string of the molecule is Cc1ncn2ncc(N)c2n1. The zero-order valence-electron chi connectivity index (χ0n) is 6.02. The molecule has 0 fully saturated rings. The van der Waals surface area contributed by atoms with Crippen LogP contribution in [0.5, 0.6) is 0 Å². The van der Waals surface area contributed by atoms with E-state index >= 15 is 0 Å². The van der Waals surface area contributed by atoms with Crippen molar-refractivity contribution in [2.75, 3.05) is 5.73 Å². The van der Waals surface area contributed by atoms with Crippen LogP contribution in [0.3, 0.4) is 0 Å². The Balaban J connectivity index is 2.87. The molecule has 2 aromatic heterocycles. The molecule has 0 unspecified atom stereocenters.